The second-order valence-electron chi connectivity index (χ2n) is 6.89. The van der Waals surface area contributed by atoms with Gasteiger partial charge in [0.2, 0.25) is 5.91 Å². The maximum atomic E-state index is 12.5. The van der Waals surface area contributed by atoms with Crippen LogP contribution in [0.2, 0.25) is 0 Å². The van der Waals surface area contributed by atoms with Crippen LogP contribution < -0.4 is 5.32 Å². The van der Waals surface area contributed by atoms with Crippen molar-refractivity contribution in [3.05, 3.63) is 0 Å². The summed E-state index contributed by atoms with van der Waals surface area (Å²) in [6.07, 6.45) is 9.12. The van der Waals surface area contributed by atoms with E-state index in [9.17, 15) is 10.1 Å². The van der Waals surface area contributed by atoms with Crippen LogP contribution in [0.3, 0.4) is 0 Å². The monoisotopic (exact) mass is 292 g/mol. The highest BCUT2D eigenvalue weighted by Gasteiger charge is 2.40. The molecule has 21 heavy (non-hydrogen) atoms. The van der Waals surface area contributed by atoms with Gasteiger partial charge in [-0.15, -0.1) is 0 Å². The van der Waals surface area contributed by atoms with Gasteiger partial charge < -0.3 is 10.1 Å². The molecular formula is C17H28N2O2. The summed E-state index contributed by atoms with van der Waals surface area (Å²) in [6, 6.07) is 2.52. The van der Waals surface area contributed by atoms with Gasteiger partial charge in [0, 0.05) is 6.04 Å². The minimum absolute atomic E-state index is 0.0297. The van der Waals surface area contributed by atoms with Crippen LogP contribution in [0.15, 0.2) is 0 Å². The third-order valence-corrected chi connectivity index (χ3v) is 4.83. The summed E-state index contributed by atoms with van der Waals surface area (Å²) in [5.74, 6) is -0.0297. The SMILES string of the molecule is CC(C)OC1CCC(NC(=O)C2(C#N)CCCCC2)CC1. The van der Waals surface area contributed by atoms with Crippen LogP contribution >= 0.6 is 0 Å². The fourth-order valence-electron chi connectivity index (χ4n) is 3.60. The molecule has 4 heteroatoms. The average molecular weight is 292 g/mol. The van der Waals surface area contributed by atoms with Gasteiger partial charge in [0.25, 0.3) is 0 Å². The molecule has 2 aliphatic carbocycles. The molecule has 0 radical (unpaired) electrons. The second kappa shape index (κ2) is 7.26. The molecule has 0 saturated heterocycles. The van der Waals surface area contributed by atoms with Gasteiger partial charge in [-0.3, -0.25) is 4.79 Å². The van der Waals surface area contributed by atoms with Gasteiger partial charge in [-0.05, 0) is 52.4 Å². The van der Waals surface area contributed by atoms with E-state index in [1.807, 2.05) is 0 Å². The molecule has 0 aromatic heterocycles. The lowest BCUT2D eigenvalue weighted by atomic mass is 9.74. The lowest BCUT2D eigenvalue weighted by Gasteiger charge is -2.34. The van der Waals surface area contributed by atoms with Gasteiger partial charge in [0.15, 0.2) is 0 Å². The minimum atomic E-state index is -0.760. The Balaban J connectivity index is 1.82. The summed E-state index contributed by atoms with van der Waals surface area (Å²) < 4.78 is 5.84. The van der Waals surface area contributed by atoms with E-state index in [-0.39, 0.29) is 18.1 Å². The van der Waals surface area contributed by atoms with Gasteiger partial charge in [0.1, 0.15) is 5.41 Å². The fourth-order valence-corrected chi connectivity index (χ4v) is 3.60. The number of amides is 1. The quantitative estimate of drug-likeness (QED) is 0.864. The highest BCUT2D eigenvalue weighted by atomic mass is 16.5. The van der Waals surface area contributed by atoms with Crippen molar-refractivity contribution in [1.82, 2.24) is 5.32 Å². The number of nitriles is 1. The highest BCUT2D eigenvalue weighted by Crippen LogP contribution is 2.36. The van der Waals surface area contributed by atoms with E-state index in [0.29, 0.717) is 6.10 Å². The second-order valence-corrected chi connectivity index (χ2v) is 6.89. The molecule has 2 aliphatic rings. The molecule has 0 unspecified atom stereocenters. The largest absolute Gasteiger partial charge is 0.376 e. The van der Waals surface area contributed by atoms with Gasteiger partial charge in [-0.2, -0.15) is 5.26 Å². The summed E-state index contributed by atoms with van der Waals surface area (Å²) in [5, 5.41) is 12.6. The number of rotatable bonds is 4. The van der Waals surface area contributed by atoms with E-state index in [1.165, 1.54) is 0 Å². The minimum Gasteiger partial charge on any atom is -0.376 e. The van der Waals surface area contributed by atoms with Crippen LogP contribution in [-0.4, -0.2) is 24.2 Å². The summed E-state index contributed by atoms with van der Waals surface area (Å²) in [6.45, 7) is 4.13. The number of nitrogens with zero attached hydrogens (tertiary/aromatic N) is 1. The molecule has 2 fully saturated rings. The molecule has 2 saturated carbocycles. The number of hydrogen-bond donors (Lipinski definition) is 1. The van der Waals surface area contributed by atoms with Crippen LogP contribution in [0, 0.1) is 16.7 Å². The van der Waals surface area contributed by atoms with Gasteiger partial charge in [0.05, 0.1) is 18.3 Å². The van der Waals surface area contributed by atoms with E-state index in [0.717, 1.165) is 57.8 Å². The van der Waals surface area contributed by atoms with Crippen molar-refractivity contribution in [3.63, 3.8) is 0 Å². The molecule has 0 aliphatic heterocycles. The maximum absolute atomic E-state index is 12.5. The number of nitrogens with one attached hydrogen (secondary N) is 1. The Kier molecular flexibility index (Phi) is 5.64. The molecule has 0 bridgehead atoms. The first kappa shape index (κ1) is 16.3. The number of carbonyl (C=O) groups excluding carboxylic acids is 1. The Morgan fingerprint density at radius 1 is 1.19 bits per heavy atom. The first-order valence-corrected chi connectivity index (χ1v) is 8.43. The predicted octanol–water partition coefficient (Wildman–Crippen LogP) is 3.31. The number of ether oxygens (including phenoxy) is 1. The smallest absolute Gasteiger partial charge is 0.240 e. The highest BCUT2D eigenvalue weighted by molar-refractivity contribution is 5.85. The van der Waals surface area contributed by atoms with Crippen LogP contribution in [0.5, 0.6) is 0 Å². The molecule has 0 spiro atoms. The molecule has 0 aromatic carbocycles. The predicted molar refractivity (Wildman–Crippen MR) is 81.5 cm³/mol. The lowest BCUT2D eigenvalue weighted by molar-refractivity contribution is -0.130. The molecule has 2 rings (SSSR count). The van der Waals surface area contributed by atoms with E-state index in [2.05, 4.69) is 25.2 Å². The Bertz CT molecular complexity index is 386. The third kappa shape index (κ3) is 4.20. The summed E-state index contributed by atoms with van der Waals surface area (Å²) in [7, 11) is 0. The Labute approximate surface area is 128 Å². The zero-order valence-corrected chi connectivity index (χ0v) is 13.4. The molecular weight excluding hydrogens is 264 g/mol. The molecule has 1 amide bonds. The Morgan fingerprint density at radius 2 is 1.81 bits per heavy atom. The standard InChI is InChI=1S/C17H28N2O2/c1-13(2)21-15-8-6-14(7-9-15)19-16(20)17(12-18)10-4-3-5-11-17/h13-15H,3-11H2,1-2H3,(H,19,20). The van der Waals surface area contributed by atoms with E-state index >= 15 is 0 Å². The van der Waals surface area contributed by atoms with Gasteiger partial charge in [-0.25, -0.2) is 0 Å². The first-order chi connectivity index (χ1) is 10.1. The van der Waals surface area contributed by atoms with Crippen LogP contribution in [0.1, 0.15) is 71.6 Å². The summed E-state index contributed by atoms with van der Waals surface area (Å²) >= 11 is 0. The number of hydrogen-bond acceptors (Lipinski definition) is 3. The summed E-state index contributed by atoms with van der Waals surface area (Å²) in [5.41, 5.74) is -0.760. The van der Waals surface area contributed by atoms with Gasteiger partial charge in [-0.1, -0.05) is 19.3 Å². The van der Waals surface area contributed by atoms with Crippen molar-refractivity contribution in [3.8, 4) is 6.07 Å². The van der Waals surface area contributed by atoms with Crippen LogP contribution in [0.25, 0.3) is 0 Å². The number of carbonyl (C=O) groups is 1. The Hall–Kier alpha value is -1.08. The Morgan fingerprint density at radius 3 is 2.33 bits per heavy atom. The normalized spacial score (nSPS) is 28.9. The van der Waals surface area contributed by atoms with Crippen molar-refractivity contribution >= 4 is 5.91 Å². The first-order valence-electron chi connectivity index (χ1n) is 8.43. The summed E-state index contributed by atoms with van der Waals surface area (Å²) in [4.78, 5) is 12.5. The van der Waals surface area contributed by atoms with Crippen molar-refractivity contribution in [2.75, 3.05) is 0 Å². The van der Waals surface area contributed by atoms with Crippen LogP contribution in [-0.2, 0) is 9.53 Å². The van der Waals surface area contributed by atoms with E-state index < -0.39 is 5.41 Å². The third-order valence-electron chi connectivity index (χ3n) is 4.83. The maximum Gasteiger partial charge on any atom is 0.240 e. The molecule has 0 atom stereocenters. The van der Waals surface area contributed by atoms with Crippen molar-refractivity contribution in [2.24, 2.45) is 5.41 Å². The van der Waals surface area contributed by atoms with Crippen molar-refractivity contribution in [1.29, 1.82) is 5.26 Å². The molecule has 4 nitrogen and oxygen atoms in total. The molecule has 0 aromatic rings. The van der Waals surface area contributed by atoms with Crippen molar-refractivity contribution in [2.45, 2.75) is 89.9 Å². The molecule has 0 heterocycles. The van der Waals surface area contributed by atoms with Crippen LogP contribution in [0.4, 0.5) is 0 Å². The van der Waals surface area contributed by atoms with Gasteiger partial charge >= 0.3 is 0 Å². The van der Waals surface area contributed by atoms with Crippen molar-refractivity contribution < 1.29 is 9.53 Å². The fraction of sp³-hybridized carbons (Fsp3) is 0.882. The molecule has 118 valence electrons. The zero-order valence-electron chi connectivity index (χ0n) is 13.4. The average Bonchev–Trinajstić information content (AvgIpc) is 2.49. The lowest BCUT2D eigenvalue weighted by Crippen LogP contribution is -2.47. The topological polar surface area (TPSA) is 62.1 Å². The van der Waals surface area contributed by atoms with E-state index in [1.54, 1.807) is 0 Å². The zero-order chi connectivity index (χ0) is 15.3. The molecule has 1 N–H and O–H groups in total. The van der Waals surface area contributed by atoms with E-state index in [4.69, 9.17) is 4.74 Å².